The average molecular weight is 326 g/mol. The number of nitrogen functional groups attached to an aromatic ring is 1. The van der Waals surface area contributed by atoms with Crippen molar-refractivity contribution in [3.05, 3.63) is 52.6 Å². The zero-order chi connectivity index (χ0) is 16.4. The van der Waals surface area contributed by atoms with Gasteiger partial charge in [-0.2, -0.15) is 5.26 Å². The number of hydrogen-bond acceptors (Lipinski definition) is 3. The second-order valence-electron chi connectivity index (χ2n) is 4.37. The molecule has 22 heavy (non-hydrogen) atoms. The number of halogens is 4. The Balaban J connectivity index is 2.55. The highest BCUT2D eigenvalue weighted by Gasteiger charge is 2.23. The molecule has 0 bridgehead atoms. The van der Waals surface area contributed by atoms with E-state index in [1.54, 1.807) is 13.0 Å². The van der Waals surface area contributed by atoms with Crippen LogP contribution in [0.4, 0.5) is 23.2 Å². The van der Waals surface area contributed by atoms with Gasteiger partial charge in [-0.25, -0.2) is 17.6 Å². The maximum Gasteiger partial charge on any atom is 0.183 e. The third-order valence-corrected chi connectivity index (χ3v) is 4.10. The molecule has 2 rings (SSSR count). The Morgan fingerprint density at radius 2 is 1.82 bits per heavy atom. The Hall–Kier alpha value is -2.20. The minimum atomic E-state index is -1.40. The monoisotopic (exact) mass is 326 g/mol. The van der Waals surface area contributed by atoms with E-state index in [0.29, 0.717) is 11.8 Å². The summed E-state index contributed by atoms with van der Waals surface area (Å²) in [6, 6.07) is 5.02. The summed E-state index contributed by atoms with van der Waals surface area (Å²) >= 11 is 0.568. The van der Waals surface area contributed by atoms with Crippen LogP contribution in [0.3, 0.4) is 0 Å². The summed E-state index contributed by atoms with van der Waals surface area (Å²) in [5.41, 5.74) is 4.42. The normalized spacial score (nSPS) is 10.5. The van der Waals surface area contributed by atoms with Crippen molar-refractivity contribution >= 4 is 17.4 Å². The van der Waals surface area contributed by atoms with E-state index in [2.05, 4.69) is 0 Å². The van der Waals surface area contributed by atoms with Crippen molar-refractivity contribution < 1.29 is 17.6 Å². The lowest BCUT2D eigenvalue weighted by molar-refractivity contribution is 0.466. The molecule has 0 fully saturated rings. The highest BCUT2D eigenvalue weighted by molar-refractivity contribution is 7.99. The first-order chi connectivity index (χ1) is 10.4. The molecule has 0 aliphatic heterocycles. The topological polar surface area (TPSA) is 49.8 Å². The molecule has 114 valence electrons. The van der Waals surface area contributed by atoms with Crippen LogP contribution in [-0.4, -0.2) is 0 Å². The highest BCUT2D eigenvalue weighted by Crippen LogP contribution is 2.38. The van der Waals surface area contributed by atoms with Gasteiger partial charge in [0.2, 0.25) is 0 Å². The molecule has 0 radical (unpaired) electrons. The lowest BCUT2D eigenvalue weighted by Crippen LogP contribution is -2.06. The Kier molecular flexibility index (Phi) is 4.62. The number of nitriles is 1. The Bertz CT molecular complexity index is 784. The zero-order valence-electron chi connectivity index (χ0n) is 11.4. The molecule has 0 aliphatic rings. The number of hydrogen-bond donors (Lipinski definition) is 1. The van der Waals surface area contributed by atoms with E-state index in [1.807, 2.05) is 0 Å². The molecular formula is C15H10F4N2S. The average Bonchev–Trinajstić information content (AvgIpc) is 2.51. The van der Waals surface area contributed by atoms with Crippen molar-refractivity contribution in [1.82, 2.24) is 0 Å². The molecule has 0 aromatic heterocycles. The minimum Gasteiger partial charge on any atom is -0.396 e. The zero-order valence-corrected chi connectivity index (χ0v) is 12.2. The largest absolute Gasteiger partial charge is 0.396 e. The fraction of sp³-hybridized carbons (Fsp3) is 0.133. The second kappa shape index (κ2) is 6.28. The summed E-state index contributed by atoms with van der Waals surface area (Å²) in [4.78, 5) is -0.360. The fourth-order valence-corrected chi connectivity index (χ4v) is 2.85. The standard InChI is InChI=1S/C15H10F4N2S/c1-2-9-11(17)15(13(19)12(18)14(9)21)22-8-3-4-10(16)7(5-8)6-20/h3-5H,2,21H2,1H3. The third kappa shape index (κ3) is 2.74. The summed E-state index contributed by atoms with van der Waals surface area (Å²) < 4.78 is 55.2. The predicted molar refractivity (Wildman–Crippen MR) is 75.3 cm³/mol. The van der Waals surface area contributed by atoms with E-state index in [0.717, 1.165) is 12.1 Å². The van der Waals surface area contributed by atoms with Crippen molar-refractivity contribution in [2.45, 2.75) is 23.1 Å². The number of nitrogens with zero attached hydrogens (tertiary/aromatic N) is 1. The van der Waals surface area contributed by atoms with Crippen molar-refractivity contribution in [2.24, 2.45) is 0 Å². The lowest BCUT2D eigenvalue weighted by Gasteiger charge is -2.12. The number of anilines is 1. The summed E-state index contributed by atoms with van der Waals surface area (Å²) in [6.45, 7) is 1.56. The van der Waals surface area contributed by atoms with Crippen molar-refractivity contribution in [3.8, 4) is 6.07 Å². The van der Waals surface area contributed by atoms with Crippen molar-refractivity contribution in [2.75, 3.05) is 5.73 Å². The Labute approximate surface area is 128 Å². The van der Waals surface area contributed by atoms with E-state index in [9.17, 15) is 17.6 Å². The summed E-state index contributed by atoms with van der Waals surface area (Å²) in [5, 5.41) is 8.76. The van der Waals surface area contributed by atoms with Crippen LogP contribution >= 0.6 is 11.8 Å². The SMILES string of the molecule is CCc1c(N)c(F)c(F)c(Sc2ccc(F)c(C#N)c2)c1F. The molecule has 0 aliphatic carbocycles. The van der Waals surface area contributed by atoms with Gasteiger partial charge in [-0.3, -0.25) is 0 Å². The van der Waals surface area contributed by atoms with Crippen molar-refractivity contribution in [1.29, 1.82) is 5.26 Å². The first-order valence-electron chi connectivity index (χ1n) is 6.23. The van der Waals surface area contributed by atoms with Gasteiger partial charge in [0.05, 0.1) is 16.1 Å². The molecule has 0 saturated carbocycles. The van der Waals surface area contributed by atoms with Gasteiger partial charge in [-0.15, -0.1) is 0 Å². The van der Waals surface area contributed by atoms with Gasteiger partial charge in [0.25, 0.3) is 0 Å². The number of benzene rings is 2. The first-order valence-corrected chi connectivity index (χ1v) is 7.04. The molecule has 2 aromatic rings. The molecule has 0 unspecified atom stereocenters. The van der Waals surface area contributed by atoms with E-state index in [4.69, 9.17) is 11.0 Å². The van der Waals surface area contributed by atoms with E-state index in [-0.39, 0.29) is 22.4 Å². The molecule has 0 spiro atoms. The molecule has 0 atom stereocenters. The smallest absolute Gasteiger partial charge is 0.183 e. The fourth-order valence-electron chi connectivity index (χ4n) is 1.91. The lowest BCUT2D eigenvalue weighted by atomic mass is 10.1. The highest BCUT2D eigenvalue weighted by atomic mass is 32.2. The van der Waals surface area contributed by atoms with Gasteiger partial charge in [0.15, 0.2) is 11.6 Å². The summed E-state index contributed by atoms with van der Waals surface area (Å²) in [7, 11) is 0. The van der Waals surface area contributed by atoms with Crippen LogP contribution in [0, 0.1) is 34.6 Å². The van der Waals surface area contributed by atoms with E-state index >= 15 is 0 Å². The van der Waals surface area contributed by atoms with E-state index < -0.39 is 33.9 Å². The Morgan fingerprint density at radius 3 is 2.41 bits per heavy atom. The summed E-state index contributed by atoms with van der Waals surface area (Å²) in [5.74, 6) is -4.42. The maximum absolute atomic E-state index is 14.3. The molecule has 2 nitrogen and oxygen atoms in total. The van der Waals surface area contributed by atoms with Crippen LogP contribution in [0.2, 0.25) is 0 Å². The van der Waals surface area contributed by atoms with Gasteiger partial charge in [0.1, 0.15) is 17.7 Å². The van der Waals surface area contributed by atoms with E-state index in [1.165, 1.54) is 6.07 Å². The minimum absolute atomic E-state index is 0.0925. The van der Waals surface area contributed by atoms with Crippen LogP contribution in [0.1, 0.15) is 18.1 Å². The first kappa shape index (κ1) is 16.2. The van der Waals surface area contributed by atoms with Crippen LogP contribution in [0.25, 0.3) is 0 Å². The Morgan fingerprint density at radius 1 is 1.14 bits per heavy atom. The predicted octanol–water partition coefficient (Wildman–Crippen LogP) is 4.41. The quantitative estimate of drug-likeness (QED) is 0.516. The van der Waals surface area contributed by atoms with Crippen LogP contribution in [-0.2, 0) is 6.42 Å². The van der Waals surface area contributed by atoms with Gasteiger partial charge in [0, 0.05) is 10.5 Å². The summed E-state index contributed by atoms with van der Waals surface area (Å²) in [6.07, 6.45) is 0.0925. The molecular weight excluding hydrogens is 316 g/mol. The number of nitrogens with two attached hydrogens (primary N) is 1. The second-order valence-corrected chi connectivity index (χ2v) is 5.46. The van der Waals surface area contributed by atoms with Crippen LogP contribution in [0.15, 0.2) is 28.0 Å². The van der Waals surface area contributed by atoms with Crippen LogP contribution in [0.5, 0.6) is 0 Å². The molecule has 0 saturated heterocycles. The maximum atomic E-state index is 14.3. The van der Waals surface area contributed by atoms with Gasteiger partial charge in [-0.05, 0) is 24.6 Å². The molecule has 0 amide bonds. The molecule has 2 aromatic carbocycles. The van der Waals surface area contributed by atoms with Gasteiger partial charge in [-0.1, -0.05) is 18.7 Å². The molecule has 7 heteroatoms. The van der Waals surface area contributed by atoms with Crippen LogP contribution < -0.4 is 5.73 Å². The number of rotatable bonds is 3. The van der Waals surface area contributed by atoms with Crippen molar-refractivity contribution in [3.63, 3.8) is 0 Å². The third-order valence-electron chi connectivity index (χ3n) is 3.05. The van der Waals surface area contributed by atoms with Gasteiger partial charge >= 0.3 is 0 Å². The molecule has 2 N–H and O–H groups in total. The van der Waals surface area contributed by atoms with Gasteiger partial charge < -0.3 is 5.73 Å². The molecule has 0 heterocycles.